The van der Waals surface area contributed by atoms with Crippen LogP contribution in [0.5, 0.6) is 0 Å². The Balaban J connectivity index is -0.000000366. The van der Waals surface area contributed by atoms with E-state index in [1.807, 2.05) is 0 Å². The predicted octanol–water partition coefficient (Wildman–Crippen LogP) is 4.48. The van der Waals surface area contributed by atoms with E-state index in [1.165, 1.54) is 95.8 Å². The third kappa shape index (κ3) is 45.5. The van der Waals surface area contributed by atoms with Gasteiger partial charge in [-0.2, -0.15) is 8.42 Å². The molecule has 0 saturated heterocycles. The molecule has 0 radical (unpaired) electrons. The van der Waals surface area contributed by atoms with Gasteiger partial charge in [0.05, 0.1) is 0 Å². The molecule has 4 nitrogen and oxygen atoms in total. The van der Waals surface area contributed by atoms with E-state index in [9.17, 15) is 0 Å². The first-order valence-corrected chi connectivity index (χ1v) is 9.92. The van der Waals surface area contributed by atoms with Crippen molar-refractivity contribution in [3.05, 3.63) is 0 Å². The van der Waals surface area contributed by atoms with Crippen LogP contribution in [0.1, 0.15) is 78.6 Å². The summed E-state index contributed by atoms with van der Waals surface area (Å²) < 4.78 is 33.1. The van der Waals surface area contributed by atoms with Crippen molar-refractivity contribution in [3.63, 3.8) is 0 Å². The van der Waals surface area contributed by atoms with Crippen molar-refractivity contribution in [1.82, 2.24) is 0 Å². The summed E-state index contributed by atoms with van der Waals surface area (Å²) in [7, 11) is -4.67. The summed E-state index contributed by atoms with van der Waals surface area (Å²) in [5.41, 5.74) is 0. The van der Waals surface area contributed by atoms with Crippen LogP contribution in [0.2, 0.25) is 3.67 Å². The molecule has 0 spiro atoms. The minimum atomic E-state index is -4.67. The van der Waals surface area contributed by atoms with Gasteiger partial charge in [0.1, 0.15) is 0 Å². The third-order valence-electron chi connectivity index (χ3n) is 2.71. The Kier molecular flexibility index (Phi) is 24.7. The number of unbranched alkanes of at least 4 members (excludes halogenated alkanes) is 9. The van der Waals surface area contributed by atoms with Crippen LogP contribution in [0.3, 0.4) is 0 Å². The second-order valence-electron chi connectivity index (χ2n) is 4.63. The van der Waals surface area contributed by atoms with Crippen molar-refractivity contribution < 1.29 is 17.5 Å². The SMILES string of the molecule is C.CCCCCCCCCCC[CH2][Na].O=S(=O)(O)O. The monoisotopic (exact) mass is 306 g/mol. The van der Waals surface area contributed by atoms with E-state index in [1.54, 1.807) is 0 Å². The fraction of sp³-hybridized carbons (Fsp3) is 1.00. The first-order chi connectivity index (χ1) is 8.41. The summed E-state index contributed by atoms with van der Waals surface area (Å²) in [6, 6.07) is 0. The first-order valence-electron chi connectivity index (χ1n) is 7.11. The third-order valence-corrected chi connectivity index (χ3v) is 3.41. The summed E-state index contributed by atoms with van der Waals surface area (Å²) in [5, 5.41) is 0. The maximum absolute atomic E-state index is 8.74. The summed E-state index contributed by atoms with van der Waals surface area (Å²) in [4.78, 5) is 0. The molecule has 2 N–H and O–H groups in total. The van der Waals surface area contributed by atoms with Gasteiger partial charge in [0, 0.05) is 0 Å². The van der Waals surface area contributed by atoms with Gasteiger partial charge in [-0.1, -0.05) is 7.43 Å². The largest absolute Gasteiger partial charge is 0.394 e. The first kappa shape index (κ1) is 24.9. The molecule has 0 heterocycles. The van der Waals surface area contributed by atoms with Crippen LogP contribution < -0.4 is 0 Å². The fourth-order valence-electron chi connectivity index (χ4n) is 1.74. The quantitative estimate of drug-likeness (QED) is 0.354. The molecule has 0 aliphatic rings. The Hall–Kier alpha value is 0.870. The van der Waals surface area contributed by atoms with Crippen LogP contribution in [0.25, 0.3) is 0 Å². The molecule has 0 saturated carbocycles. The Bertz CT molecular complexity index is 225. The Morgan fingerprint density at radius 3 is 1.32 bits per heavy atom. The average Bonchev–Trinajstić information content (AvgIpc) is 2.25. The van der Waals surface area contributed by atoms with Crippen molar-refractivity contribution >= 4 is 38.3 Å². The number of hydrogen-bond acceptors (Lipinski definition) is 2. The van der Waals surface area contributed by atoms with Gasteiger partial charge in [-0.15, -0.1) is 0 Å². The van der Waals surface area contributed by atoms with Gasteiger partial charge in [0.15, 0.2) is 0 Å². The normalized spacial score (nSPS) is 10.4. The zero-order valence-electron chi connectivity index (χ0n) is 11.9. The summed E-state index contributed by atoms with van der Waals surface area (Å²) in [6.45, 7) is 2.29. The molecule has 0 aromatic heterocycles. The van der Waals surface area contributed by atoms with Crippen LogP contribution in [0, 0.1) is 0 Å². The van der Waals surface area contributed by atoms with Gasteiger partial charge in [-0.3, -0.25) is 9.11 Å². The molecule has 0 aromatic rings. The Labute approximate surface area is 137 Å². The van der Waals surface area contributed by atoms with Crippen LogP contribution in [0.4, 0.5) is 0 Å². The van der Waals surface area contributed by atoms with Crippen molar-refractivity contribution in [1.29, 1.82) is 0 Å². The minimum Gasteiger partial charge on any atom is -0.264 e. The van der Waals surface area contributed by atoms with Gasteiger partial charge in [0.2, 0.25) is 0 Å². The molecule has 0 amide bonds. The molecular formula is C13H31NaO4S. The van der Waals surface area contributed by atoms with Gasteiger partial charge in [0.25, 0.3) is 0 Å². The summed E-state index contributed by atoms with van der Waals surface area (Å²) in [6.07, 6.45) is 14.7. The molecule has 19 heavy (non-hydrogen) atoms. The van der Waals surface area contributed by atoms with Crippen molar-refractivity contribution in [2.75, 3.05) is 0 Å². The van der Waals surface area contributed by atoms with Gasteiger partial charge in [-0.25, -0.2) is 0 Å². The molecule has 0 aliphatic carbocycles. The zero-order valence-corrected chi connectivity index (χ0v) is 14.7. The van der Waals surface area contributed by atoms with Crippen molar-refractivity contribution in [2.45, 2.75) is 82.2 Å². The van der Waals surface area contributed by atoms with E-state index in [4.69, 9.17) is 17.5 Å². The van der Waals surface area contributed by atoms with Gasteiger partial charge >= 0.3 is 113 Å². The average molecular weight is 306 g/mol. The van der Waals surface area contributed by atoms with Gasteiger partial charge in [-0.05, 0) is 0 Å². The van der Waals surface area contributed by atoms with E-state index in [-0.39, 0.29) is 7.43 Å². The molecule has 0 aliphatic heterocycles. The molecule has 0 unspecified atom stereocenters. The van der Waals surface area contributed by atoms with Gasteiger partial charge < -0.3 is 0 Å². The van der Waals surface area contributed by atoms with Crippen LogP contribution in [-0.4, -0.2) is 45.5 Å². The van der Waals surface area contributed by atoms with E-state index in [0.717, 1.165) is 0 Å². The molecule has 0 atom stereocenters. The molecule has 0 aromatic carbocycles. The van der Waals surface area contributed by atoms with E-state index >= 15 is 0 Å². The molecule has 6 heteroatoms. The summed E-state index contributed by atoms with van der Waals surface area (Å²) >= 11 is 1.41. The van der Waals surface area contributed by atoms with Crippen LogP contribution in [0.15, 0.2) is 0 Å². The van der Waals surface area contributed by atoms with E-state index in [0.29, 0.717) is 0 Å². The van der Waals surface area contributed by atoms with Crippen molar-refractivity contribution in [3.8, 4) is 0 Å². The maximum atomic E-state index is 8.74. The fourth-order valence-corrected chi connectivity index (χ4v) is 2.24. The topological polar surface area (TPSA) is 74.6 Å². The molecule has 0 bridgehead atoms. The molecule has 0 rings (SSSR count). The van der Waals surface area contributed by atoms with E-state index < -0.39 is 10.4 Å². The second-order valence-corrected chi connectivity index (χ2v) is 6.53. The Morgan fingerprint density at radius 1 is 0.789 bits per heavy atom. The number of rotatable bonds is 10. The molecule has 114 valence electrons. The minimum absolute atomic E-state index is 0. The number of hydrogen-bond donors (Lipinski definition) is 2. The van der Waals surface area contributed by atoms with E-state index in [2.05, 4.69) is 6.92 Å². The second kappa shape index (κ2) is 18.9. The zero-order chi connectivity index (χ0) is 14.3. The van der Waals surface area contributed by atoms with Crippen molar-refractivity contribution in [2.24, 2.45) is 0 Å². The smallest absolute Gasteiger partial charge is 0.264 e. The van der Waals surface area contributed by atoms with Crippen LogP contribution in [-0.2, 0) is 10.4 Å². The molecule has 0 fully saturated rings. The van der Waals surface area contributed by atoms with Crippen LogP contribution >= 0.6 is 0 Å². The maximum Gasteiger partial charge on any atom is 0.394 e. The summed E-state index contributed by atoms with van der Waals surface area (Å²) in [5.74, 6) is 0. The Morgan fingerprint density at radius 2 is 1.05 bits per heavy atom. The molecular weight excluding hydrogens is 275 g/mol. The standard InChI is InChI=1S/C12H25.CH4.Na.H2O4S/c1-3-5-7-9-11-12-10-8-6-4-2;;;1-5(2,3)4/h1,3-12H2,2H3;1H4;;(H2,1,2,3,4). The predicted molar refractivity (Wildman–Crippen MR) is 83.3 cm³/mol.